The van der Waals surface area contributed by atoms with Crippen LogP contribution in [0.25, 0.3) is 67.4 Å². The second-order valence-corrected chi connectivity index (χ2v) is 16.7. The summed E-state index contributed by atoms with van der Waals surface area (Å²) in [4.78, 5) is 55.1. The van der Waals surface area contributed by atoms with Gasteiger partial charge in [-0.15, -0.1) is 92.8 Å². The van der Waals surface area contributed by atoms with Gasteiger partial charge in [0.15, 0.2) is 0 Å². The number of carboxylic acids is 2. The zero-order valence-electron chi connectivity index (χ0n) is 43.0. The quantitative estimate of drug-likeness (QED) is 0.118. The molecular weight excluding hydrogens is 1410 g/mol. The fraction of sp³-hybridized carbons (Fsp3) is 0.0741. The van der Waals surface area contributed by atoms with Crippen molar-refractivity contribution in [2.24, 2.45) is 0 Å². The number of alkyl halides is 8. The molecule has 2 radical (unpaired) electrons. The molecule has 8 heterocycles. The van der Waals surface area contributed by atoms with Crippen LogP contribution in [0.2, 0.25) is 0 Å². The Morgan fingerprint density at radius 2 is 0.550 bits per heavy atom. The van der Waals surface area contributed by atoms with Crippen LogP contribution in [0.15, 0.2) is 207 Å². The van der Waals surface area contributed by atoms with Gasteiger partial charge in [-0.1, -0.05) is 84.9 Å². The monoisotopic (exact) mass is 1450 g/mol. The molecule has 0 aliphatic heterocycles. The molecule has 0 saturated carbocycles. The minimum absolute atomic E-state index is 0. The zero-order chi connectivity index (χ0) is 53.8. The molecule has 0 N–H and O–H groups in total. The van der Waals surface area contributed by atoms with Gasteiger partial charge < -0.3 is 55.6 Å². The van der Waals surface area contributed by atoms with Gasteiger partial charge in [0.2, 0.25) is 0 Å². The Hall–Kier alpha value is -4.83. The first-order valence-electron chi connectivity index (χ1n) is 21.3. The molecule has 10 aromatic rings. The molecule has 2 aromatic carbocycles. The van der Waals surface area contributed by atoms with Crippen molar-refractivity contribution in [1.82, 2.24) is 39.9 Å². The van der Waals surface area contributed by atoms with Crippen molar-refractivity contribution >= 4 is 127 Å². The van der Waals surface area contributed by atoms with Crippen LogP contribution < -0.4 is 35.0 Å². The fourth-order valence-electron chi connectivity index (χ4n) is 5.86. The number of aromatic nitrogens is 8. The van der Waals surface area contributed by atoms with E-state index in [-0.39, 0.29) is 110 Å². The van der Waals surface area contributed by atoms with Crippen LogP contribution >= 0.6 is 92.8 Å². The van der Waals surface area contributed by atoms with Crippen molar-refractivity contribution in [3.63, 3.8) is 0 Å². The molecule has 0 unspecified atom stereocenters. The van der Waals surface area contributed by atoms with E-state index in [9.17, 15) is 19.8 Å². The van der Waals surface area contributed by atoms with Crippen LogP contribution in [-0.4, -0.2) is 73.2 Å². The Balaban J connectivity index is -0.000000215. The minimum atomic E-state index is -1.24. The van der Waals surface area contributed by atoms with Gasteiger partial charge in [-0.05, 0) is 97.1 Å². The molecular formula is C54H44Cl10N8O6Ru2. The Kier molecular flexibility index (Phi) is 51.0. The summed E-state index contributed by atoms with van der Waals surface area (Å²) >= 11 is 38.1. The molecule has 80 heavy (non-hydrogen) atoms. The number of rotatable bonds is 6. The minimum Gasteiger partial charge on any atom is -2.00 e. The normalized spacial score (nSPS) is 8.80. The molecule has 0 amide bonds. The summed E-state index contributed by atoms with van der Waals surface area (Å²) in [5.41, 5.74) is 8.21. The van der Waals surface area contributed by atoms with Crippen LogP contribution in [0.3, 0.4) is 0 Å². The number of aromatic carboxylic acids is 2. The number of pyridine rings is 8. The molecule has 0 aliphatic carbocycles. The van der Waals surface area contributed by atoms with Gasteiger partial charge in [0, 0.05) is 35.6 Å². The number of fused-ring (bicyclic) bond motifs is 2. The standard InChI is InChI=1S/2C15H11N3.2C10H7NO2.4CH2Cl2.2ClH.2O.2Ru/c2*1-3-10-16-12(6-1)14-8-5-9-15(18-14)13-7-2-4-11-17-13;2*12-10(13)9-6-5-7-3-1-2-4-8(7)11-9;4*2-1-3;;;;;;/h2*1-11H;2*1-6H,(H,12,13);4*1H2;2*1H;;;;/q;;;;;;;;;;2*-2;2*+3/p-2. The van der Waals surface area contributed by atoms with E-state index in [1.807, 2.05) is 146 Å². The van der Waals surface area contributed by atoms with E-state index in [1.165, 1.54) is 12.1 Å². The second kappa shape index (κ2) is 49.9. The predicted octanol–water partition coefficient (Wildman–Crippen LogP) is 7.28. The topological polar surface area (TPSA) is 240 Å². The van der Waals surface area contributed by atoms with Crippen molar-refractivity contribution in [2.75, 3.05) is 21.4 Å². The first-order valence-corrected chi connectivity index (χ1v) is 25.6. The molecule has 0 aliphatic rings. The number of benzene rings is 2. The summed E-state index contributed by atoms with van der Waals surface area (Å²) in [6.45, 7) is 0. The van der Waals surface area contributed by atoms with E-state index in [0.717, 1.165) is 56.3 Å². The average Bonchev–Trinajstić information content (AvgIpc) is 3.45. The molecule has 0 spiro atoms. The summed E-state index contributed by atoms with van der Waals surface area (Å²) in [5, 5.41) is 23.6. The van der Waals surface area contributed by atoms with E-state index in [0.29, 0.717) is 11.0 Å². The summed E-state index contributed by atoms with van der Waals surface area (Å²) < 4.78 is 0. The van der Waals surface area contributed by atoms with E-state index >= 15 is 0 Å². The van der Waals surface area contributed by atoms with Gasteiger partial charge in [0.25, 0.3) is 0 Å². The largest absolute Gasteiger partial charge is 3.00 e. The van der Waals surface area contributed by atoms with Crippen molar-refractivity contribution in [3.8, 4) is 45.6 Å². The first-order chi connectivity index (χ1) is 36.1. The van der Waals surface area contributed by atoms with E-state index in [2.05, 4.69) is 39.9 Å². The van der Waals surface area contributed by atoms with Crippen LogP contribution in [-0.2, 0) is 49.9 Å². The Labute approximate surface area is 544 Å². The number of carboxylic acid groups (broad SMARTS) is 2. The molecule has 0 saturated heterocycles. The van der Waals surface area contributed by atoms with Gasteiger partial charge in [0.05, 0.1) is 101 Å². The van der Waals surface area contributed by atoms with Crippen LogP contribution in [0, 0.1) is 0 Å². The van der Waals surface area contributed by atoms with E-state index in [1.54, 1.807) is 49.1 Å². The van der Waals surface area contributed by atoms with Crippen molar-refractivity contribution in [3.05, 3.63) is 218 Å². The average molecular weight is 1460 g/mol. The summed E-state index contributed by atoms with van der Waals surface area (Å²) in [6.07, 6.45) is 7.07. The number of carbonyl (C=O) groups excluding carboxylic acids is 2. The zero-order valence-corrected chi connectivity index (χ0v) is 52.0. The van der Waals surface area contributed by atoms with E-state index < -0.39 is 11.9 Å². The predicted molar refractivity (Wildman–Crippen MR) is 303 cm³/mol. The van der Waals surface area contributed by atoms with Gasteiger partial charge in [-0.2, -0.15) is 0 Å². The molecule has 0 fully saturated rings. The maximum atomic E-state index is 10.5. The number of carbonyl (C=O) groups is 2. The van der Waals surface area contributed by atoms with Crippen LogP contribution in [0.5, 0.6) is 0 Å². The fourth-order valence-corrected chi connectivity index (χ4v) is 5.86. The van der Waals surface area contributed by atoms with Gasteiger partial charge >= 0.3 is 41.8 Å². The molecule has 10 rings (SSSR count). The van der Waals surface area contributed by atoms with Crippen LogP contribution in [0.4, 0.5) is 0 Å². The molecule has 0 bridgehead atoms. The van der Waals surface area contributed by atoms with Crippen molar-refractivity contribution < 1.29 is 97.4 Å². The number of hydrogen-bond acceptors (Lipinski definition) is 12. The number of para-hydroxylation sites is 2. The maximum Gasteiger partial charge on any atom is 3.00 e. The summed E-state index contributed by atoms with van der Waals surface area (Å²) in [6, 6.07) is 55.9. The molecule has 422 valence electrons. The smallest absolute Gasteiger partial charge is 2.00 e. The molecule has 0 atom stereocenters. The SMILES string of the molecule is ClCCl.ClCCl.ClCCl.ClCCl.O=C([O-])c1ccc2ccccc2n1.O=C([O-])c1ccc2ccccc2n1.[Cl-].[Cl-].[H+].[H+].[O-2].[O-2].[Ru+3].[Ru+3].c1ccc(-c2cccc(-c3ccccn3)n2)nc1.c1ccc(-c2cccc(-c3ccccn3)n2)nc1. The third-order valence-electron chi connectivity index (χ3n) is 8.82. The number of nitrogens with zero attached hydrogens (tertiary/aromatic N) is 8. The number of halogens is 10. The van der Waals surface area contributed by atoms with Crippen molar-refractivity contribution in [1.29, 1.82) is 0 Å². The number of hydrogen-bond donors (Lipinski definition) is 0. The van der Waals surface area contributed by atoms with Crippen molar-refractivity contribution in [2.45, 2.75) is 0 Å². The van der Waals surface area contributed by atoms with Crippen LogP contribution in [0.1, 0.15) is 23.8 Å². The second-order valence-electron chi connectivity index (χ2n) is 13.4. The third kappa shape index (κ3) is 30.8. The van der Waals surface area contributed by atoms with Gasteiger partial charge in [-0.25, -0.2) is 19.9 Å². The third-order valence-corrected chi connectivity index (χ3v) is 8.82. The summed E-state index contributed by atoms with van der Waals surface area (Å²) in [5.74, 6) is -2.49. The Morgan fingerprint density at radius 1 is 0.325 bits per heavy atom. The maximum absolute atomic E-state index is 10.5. The molecule has 14 nitrogen and oxygen atoms in total. The van der Waals surface area contributed by atoms with Gasteiger partial charge in [-0.3, -0.25) is 19.9 Å². The van der Waals surface area contributed by atoms with Gasteiger partial charge in [0.1, 0.15) is 0 Å². The summed E-state index contributed by atoms with van der Waals surface area (Å²) in [7, 11) is 0. The molecule has 8 aromatic heterocycles. The Morgan fingerprint density at radius 3 is 0.775 bits per heavy atom. The van der Waals surface area contributed by atoms with E-state index in [4.69, 9.17) is 92.8 Å². The molecule has 26 heteroatoms. The first kappa shape index (κ1) is 81.6. The Bertz CT molecular complexity index is 2860.